The van der Waals surface area contributed by atoms with Crippen LogP contribution in [0.4, 0.5) is 0 Å². The Bertz CT molecular complexity index is 211. The van der Waals surface area contributed by atoms with E-state index < -0.39 is 0 Å². The molecule has 0 spiro atoms. The summed E-state index contributed by atoms with van der Waals surface area (Å²) < 4.78 is 0. The van der Waals surface area contributed by atoms with Crippen LogP contribution >= 0.6 is 0 Å². The molecule has 1 aliphatic heterocycles. The predicted octanol–water partition coefficient (Wildman–Crippen LogP) is 3.28. The van der Waals surface area contributed by atoms with Gasteiger partial charge in [0.05, 0.1) is 0 Å². The van der Waals surface area contributed by atoms with Crippen LogP contribution in [-0.4, -0.2) is 36.1 Å². The molecular weight excluding hydrogens is 208 g/mol. The molecule has 2 heteroatoms. The van der Waals surface area contributed by atoms with Crippen LogP contribution in [0.15, 0.2) is 0 Å². The van der Waals surface area contributed by atoms with Gasteiger partial charge in [-0.2, -0.15) is 0 Å². The van der Waals surface area contributed by atoms with Crippen LogP contribution in [0.2, 0.25) is 0 Å². The Morgan fingerprint density at radius 2 is 1.88 bits per heavy atom. The molecule has 0 aliphatic carbocycles. The van der Waals surface area contributed by atoms with Gasteiger partial charge in [-0.05, 0) is 31.7 Å². The second-order valence-corrected chi connectivity index (χ2v) is 5.79. The minimum atomic E-state index is 0.374. The van der Waals surface area contributed by atoms with E-state index in [0.717, 1.165) is 12.0 Å². The van der Waals surface area contributed by atoms with E-state index in [1.165, 1.54) is 45.3 Å². The Balaban J connectivity index is 2.72. The summed E-state index contributed by atoms with van der Waals surface area (Å²) in [5.74, 6) is 0.806. The van der Waals surface area contributed by atoms with Gasteiger partial charge in [0.2, 0.25) is 0 Å². The summed E-state index contributed by atoms with van der Waals surface area (Å²) >= 11 is 0. The number of piperazine rings is 1. The first-order valence-electron chi connectivity index (χ1n) is 7.61. The first kappa shape index (κ1) is 15.0. The second kappa shape index (κ2) is 6.75. The van der Waals surface area contributed by atoms with Gasteiger partial charge in [0, 0.05) is 24.7 Å². The molecule has 1 saturated heterocycles. The van der Waals surface area contributed by atoms with Crippen molar-refractivity contribution in [2.45, 2.75) is 71.9 Å². The molecule has 1 aliphatic rings. The quantitative estimate of drug-likeness (QED) is 0.766. The normalized spacial score (nSPS) is 27.0. The van der Waals surface area contributed by atoms with Crippen LogP contribution in [0.5, 0.6) is 0 Å². The number of hydrogen-bond donors (Lipinski definition) is 1. The lowest BCUT2D eigenvalue weighted by Crippen LogP contribution is -2.65. The maximum atomic E-state index is 3.84. The minimum absolute atomic E-state index is 0.374. The maximum absolute atomic E-state index is 3.84. The fraction of sp³-hybridized carbons (Fsp3) is 1.00. The number of rotatable bonds is 6. The Morgan fingerprint density at radius 3 is 2.35 bits per heavy atom. The fourth-order valence-corrected chi connectivity index (χ4v) is 3.10. The van der Waals surface area contributed by atoms with Crippen molar-refractivity contribution in [3.05, 3.63) is 0 Å². The van der Waals surface area contributed by atoms with E-state index in [9.17, 15) is 0 Å². The van der Waals surface area contributed by atoms with Crippen molar-refractivity contribution in [1.82, 2.24) is 10.2 Å². The molecule has 1 N–H and O–H groups in total. The maximum Gasteiger partial charge on any atom is 0.0304 e. The zero-order valence-electron chi connectivity index (χ0n) is 12.6. The van der Waals surface area contributed by atoms with Crippen LogP contribution in [0.3, 0.4) is 0 Å². The Labute approximate surface area is 108 Å². The third-order valence-electron chi connectivity index (χ3n) is 4.83. The van der Waals surface area contributed by atoms with Crippen molar-refractivity contribution >= 4 is 0 Å². The molecule has 2 atom stereocenters. The fourth-order valence-electron chi connectivity index (χ4n) is 3.10. The third-order valence-corrected chi connectivity index (χ3v) is 4.83. The summed E-state index contributed by atoms with van der Waals surface area (Å²) in [5, 5.41) is 3.84. The molecule has 0 amide bonds. The van der Waals surface area contributed by atoms with E-state index in [-0.39, 0.29) is 0 Å². The molecule has 2 nitrogen and oxygen atoms in total. The van der Waals surface area contributed by atoms with E-state index in [2.05, 4.69) is 44.8 Å². The Morgan fingerprint density at radius 1 is 1.24 bits per heavy atom. The van der Waals surface area contributed by atoms with Crippen molar-refractivity contribution in [2.75, 3.05) is 19.6 Å². The summed E-state index contributed by atoms with van der Waals surface area (Å²) in [4.78, 5) is 2.75. The van der Waals surface area contributed by atoms with Crippen molar-refractivity contribution in [1.29, 1.82) is 0 Å². The van der Waals surface area contributed by atoms with Crippen LogP contribution in [0.25, 0.3) is 0 Å². The highest BCUT2D eigenvalue weighted by Gasteiger charge is 2.37. The molecule has 102 valence electrons. The number of nitrogens with one attached hydrogen (secondary N) is 1. The van der Waals surface area contributed by atoms with Crippen molar-refractivity contribution in [2.24, 2.45) is 5.92 Å². The van der Waals surface area contributed by atoms with Gasteiger partial charge in [0.15, 0.2) is 0 Å². The summed E-state index contributed by atoms with van der Waals surface area (Å²) in [6.45, 7) is 15.3. The largest absolute Gasteiger partial charge is 0.308 e. The van der Waals surface area contributed by atoms with E-state index in [4.69, 9.17) is 0 Å². The highest BCUT2D eigenvalue weighted by molar-refractivity contribution is 4.97. The molecule has 0 radical (unpaired) electrons. The summed E-state index contributed by atoms with van der Waals surface area (Å²) in [7, 11) is 0. The van der Waals surface area contributed by atoms with E-state index >= 15 is 0 Å². The molecule has 0 aromatic rings. The third kappa shape index (κ3) is 3.45. The number of nitrogens with zero attached hydrogens (tertiary/aromatic N) is 1. The average molecular weight is 240 g/mol. The minimum Gasteiger partial charge on any atom is -0.308 e. The first-order valence-corrected chi connectivity index (χ1v) is 7.61. The van der Waals surface area contributed by atoms with Gasteiger partial charge in [0.25, 0.3) is 0 Å². The van der Waals surface area contributed by atoms with E-state index in [1.54, 1.807) is 0 Å². The molecule has 0 bridgehead atoms. The second-order valence-electron chi connectivity index (χ2n) is 5.79. The Kier molecular flexibility index (Phi) is 5.94. The molecule has 1 fully saturated rings. The predicted molar refractivity (Wildman–Crippen MR) is 76.4 cm³/mol. The lowest BCUT2D eigenvalue weighted by atomic mass is 9.85. The standard InChI is InChI=1S/C15H32N2/c1-6-10-17-12-15(8-3,9-4)16-11-14(17)13(5)7-2/h13-14,16H,6-12H2,1-5H3. The van der Waals surface area contributed by atoms with Crippen molar-refractivity contribution in [3.63, 3.8) is 0 Å². The molecule has 2 unspecified atom stereocenters. The summed E-state index contributed by atoms with van der Waals surface area (Å²) in [6.07, 6.45) is 5.06. The Hall–Kier alpha value is -0.0800. The molecule has 1 rings (SSSR count). The van der Waals surface area contributed by atoms with Gasteiger partial charge in [0.1, 0.15) is 0 Å². The molecule has 0 aromatic heterocycles. The number of hydrogen-bond acceptors (Lipinski definition) is 2. The monoisotopic (exact) mass is 240 g/mol. The summed E-state index contributed by atoms with van der Waals surface area (Å²) in [5.41, 5.74) is 0.374. The lowest BCUT2D eigenvalue weighted by molar-refractivity contribution is 0.0458. The smallest absolute Gasteiger partial charge is 0.0304 e. The van der Waals surface area contributed by atoms with Gasteiger partial charge >= 0.3 is 0 Å². The van der Waals surface area contributed by atoms with Gasteiger partial charge in [-0.1, -0.05) is 41.0 Å². The highest BCUT2D eigenvalue weighted by atomic mass is 15.3. The van der Waals surface area contributed by atoms with Gasteiger partial charge < -0.3 is 5.32 Å². The topological polar surface area (TPSA) is 15.3 Å². The SMILES string of the molecule is CCCN1CC(CC)(CC)NCC1C(C)CC. The highest BCUT2D eigenvalue weighted by Crippen LogP contribution is 2.26. The van der Waals surface area contributed by atoms with Crippen LogP contribution < -0.4 is 5.32 Å². The average Bonchev–Trinajstić information content (AvgIpc) is 2.38. The van der Waals surface area contributed by atoms with E-state index in [1.807, 2.05) is 0 Å². The molecular formula is C15H32N2. The van der Waals surface area contributed by atoms with Crippen molar-refractivity contribution < 1.29 is 0 Å². The zero-order chi connectivity index (χ0) is 12.9. The van der Waals surface area contributed by atoms with Gasteiger partial charge in [-0.25, -0.2) is 0 Å². The van der Waals surface area contributed by atoms with Gasteiger partial charge in [-0.15, -0.1) is 0 Å². The molecule has 0 aromatic carbocycles. The molecule has 1 heterocycles. The van der Waals surface area contributed by atoms with Crippen molar-refractivity contribution in [3.8, 4) is 0 Å². The van der Waals surface area contributed by atoms with Gasteiger partial charge in [-0.3, -0.25) is 4.90 Å². The van der Waals surface area contributed by atoms with Crippen LogP contribution in [0, 0.1) is 5.92 Å². The first-order chi connectivity index (χ1) is 8.12. The zero-order valence-corrected chi connectivity index (χ0v) is 12.6. The summed E-state index contributed by atoms with van der Waals surface area (Å²) in [6, 6.07) is 0.742. The van der Waals surface area contributed by atoms with Crippen LogP contribution in [-0.2, 0) is 0 Å². The molecule has 0 saturated carbocycles. The lowest BCUT2D eigenvalue weighted by Gasteiger charge is -2.49. The van der Waals surface area contributed by atoms with Crippen LogP contribution in [0.1, 0.15) is 60.3 Å². The molecule has 17 heavy (non-hydrogen) atoms. The van der Waals surface area contributed by atoms with E-state index in [0.29, 0.717) is 5.54 Å².